The lowest BCUT2D eigenvalue weighted by atomic mass is 9.94. The predicted molar refractivity (Wildman–Crippen MR) is 90.4 cm³/mol. The van der Waals surface area contributed by atoms with E-state index in [1.54, 1.807) is 6.07 Å². The molecule has 24 heavy (non-hydrogen) atoms. The molecular weight excluding hydrogens is 352 g/mol. The van der Waals surface area contributed by atoms with Gasteiger partial charge in [-0.05, 0) is 38.8 Å². The van der Waals surface area contributed by atoms with Gasteiger partial charge in [0, 0.05) is 24.5 Å². The average molecular weight is 374 g/mol. The molecule has 1 aromatic rings. The van der Waals surface area contributed by atoms with Crippen molar-refractivity contribution in [2.45, 2.75) is 37.3 Å². The third-order valence-corrected chi connectivity index (χ3v) is 7.39. The maximum absolute atomic E-state index is 12.4. The summed E-state index contributed by atoms with van der Waals surface area (Å²) < 4.78 is 26.6. The van der Waals surface area contributed by atoms with E-state index in [4.69, 9.17) is 5.11 Å². The van der Waals surface area contributed by atoms with E-state index in [2.05, 4.69) is 5.32 Å². The Bertz CT molecular complexity index is 718. The molecule has 0 aliphatic carbocycles. The molecule has 0 atom stereocenters. The number of aliphatic carboxylic acids is 1. The number of carboxylic acid groups (broad SMARTS) is 1. The monoisotopic (exact) mass is 374 g/mol. The molecule has 1 saturated heterocycles. The van der Waals surface area contributed by atoms with Crippen molar-refractivity contribution in [2.24, 2.45) is 5.41 Å². The van der Waals surface area contributed by atoms with Crippen LogP contribution in [0.25, 0.3) is 0 Å². The fourth-order valence-electron chi connectivity index (χ4n) is 2.26. The van der Waals surface area contributed by atoms with Gasteiger partial charge in [0.1, 0.15) is 4.21 Å². The quantitative estimate of drug-likeness (QED) is 0.749. The van der Waals surface area contributed by atoms with Crippen LogP contribution in [0.5, 0.6) is 0 Å². The molecule has 2 N–H and O–H groups in total. The van der Waals surface area contributed by atoms with Crippen LogP contribution < -0.4 is 5.32 Å². The van der Waals surface area contributed by atoms with Gasteiger partial charge in [-0.1, -0.05) is 0 Å². The van der Waals surface area contributed by atoms with Crippen LogP contribution >= 0.6 is 11.3 Å². The zero-order valence-electron chi connectivity index (χ0n) is 13.7. The van der Waals surface area contributed by atoms with E-state index < -0.39 is 21.4 Å². The van der Waals surface area contributed by atoms with E-state index in [1.807, 2.05) is 0 Å². The summed E-state index contributed by atoms with van der Waals surface area (Å²) in [5, 5.41) is 11.6. The van der Waals surface area contributed by atoms with Crippen LogP contribution in [-0.4, -0.2) is 49.3 Å². The summed E-state index contributed by atoms with van der Waals surface area (Å²) in [5.41, 5.74) is -1.05. The number of amides is 1. The smallest absolute Gasteiger partial charge is 0.310 e. The second-order valence-corrected chi connectivity index (χ2v) is 9.81. The lowest BCUT2D eigenvalue weighted by molar-refractivity contribution is -0.146. The second kappa shape index (κ2) is 7.20. The molecule has 2 heterocycles. The number of hydrogen-bond donors (Lipinski definition) is 2. The van der Waals surface area contributed by atoms with Crippen LogP contribution in [0.15, 0.2) is 16.3 Å². The number of rotatable bonds is 7. The summed E-state index contributed by atoms with van der Waals surface area (Å²) in [6.45, 7) is 4.16. The second-order valence-electron chi connectivity index (χ2n) is 6.47. The summed E-state index contributed by atoms with van der Waals surface area (Å²) in [6.07, 6.45) is 1.79. The minimum Gasteiger partial charge on any atom is -0.481 e. The fraction of sp³-hybridized carbons (Fsp3) is 0.600. The van der Waals surface area contributed by atoms with E-state index in [9.17, 15) is 18.0 Å². The maximum atomic E-state index is 12.4. The van der Waals surface area contributed by atoms with Crippen LogP contribution in [0.2, 0.25) is 0 Å². The molecule has 0 spiro atoms. The highest BCUT2D eigenvalue weighted by Crippen LogP contribution is 2.27. The minimum absolute atomic E-state index is 0.0193. The number of carbonyl (C=O) groups is 2. The van der Waals surface area contributed by atoms with Gasteiger partial charge < -0.3 is 10.4 Å². The van der Waals surface area contributed by atoms with Crippen LogP contribution in [0.3, 0.4) is 0 Å². The van der Waals surface area contributed by atoms with E-state index >= 15 is 0 Å². The maximum Gasteiger partial charge on any atom is 0.310 e. The molecule has 0 saturated carbocycles. The Labute approximate surface area is 145 Å². The van der Waals surface area contributed by atoms with Crippen LogP contribution in [-0.2, 0) is 26.0 Å². The number of nitrogens with one attached hydrogen (secondary N) is 1. The van der Waals surface area contributed by atoms with E-state index in [0.29, 0.717) is 18.0 Å². The Morgan fingerprint density at radius 1 is 1.29 bits per heavy atom. The standard InChI is InChI=1S/C15H22N2O5S2/c1-15(2,14(19)20)10-16-12(18)9-11-5-6-13(23-11)24(21,22)17-7-3-4-8-17/h5-6H,3-4,7-10H2,1-2H3,(H,16,18)(H,19,20). The molecule has 0 radical (unpaired) electrons. The first-order valence-electron chi connectivity index (χ1n) is 7.72. The molecule has 0 bridgehead atoms. The van der Waals surface area contributed by atoms with Gasteiger partial charge in [0.05, 0.1) is 11.8 Å². The Hall–Kier alpha value is -1.45. The first-order chi connectivity index (χ1) is 11.1. The zero-order chi connectivity index (χ0) is 18.0. The molecular formula is C15H22N2O5S2. The molecule has 1 aliphatic heterocycles. The predicted octanol–water partition coefficient (Wildman–Crippen LogP) is 1.30. The van der Waals surface area contributed by atoms with Crippen LogP contribution in [0.4, 0.5) is 0 Å². The molecule has 134 valence electrons. The Balaban J connectivity index is 1.96. The van der Waals surface area contributed by atoms with Gasteiger partial charge in [-0.25, -0.2) is 8.42 Å². The molecule has 1 amide bonds. The molecule has 2 rings (SSSR count). The van der Waals surface area contributed by atoms with Crippen LogP contribution in [0, 0.1) is 5.41 Å². The average Bonchev–Trinajstić information content (AvgIpc) is 3.17. The number of carboxylic acids is 1. The lowest BCUT2D eigenvalue weighted by Gasteiger charge is -2.19. The van der Waals surface area contributed by atoms with Crippen molar-refractivity contribution >= 4 is 33.2 Å². The number of carbonyl (C=O) groups excluding carboxylic acids is 1. The SMILES string of the molecule is CC(C)(CNC(=O)Cc1ccc(S(=O)(=O)N2CCCC2)s1)C(=O)O. The van der Waals surface area contributed by atoms with E-state index in [-0.39, 0.29) is 23.1 Å². The molecule has 1 aromatic heterocycles. The summed E-state index contributed by atoms with van der Waals surface area (Å²) >= 11 is 1.09. The minimum atomic E-state index is -3.46. The highest BCUT2D eigenvalue weighted by Gasteiger charge is 2.29. The van der Waals surface area contributed by atoms with Gasteiger partial charge in [0.25, 0.3) is 10.0 Å². The normalized spacial score (nSPS) is 16.2. The fourth-order valence-corrected chi connectivity index (χ4v) is 5.29. The summed E-state index contributed by atoms with van der Waals surface area (Å²) in [5.74, 6) is -1.31. The van der Waals surface area contributed by atoms with E-state index in [0.717, 1.165) is 24.2 Å². The molecule has 1 aliphatic rings. The van der Waals surface area contributed by atoms with Gasteiger partial charge in [-0.2, -0.15) is 4.31 Å². The Morgan fingerprint density at radius 3 is 2.50 bits per heavy atom. The van der Waals surface area contributed by atoms with Crippen molar-refractivity contribution in [3.05, 3.63) is 17.0 Å². The first kappa shape index (κ1) is 18.9. The van der Waals surface area contributed by atoms with E-state index in [1.165, 1.54) is 24.2 Å². The summed E-state index contributed by atoms with van der Waals surface area (Å²) in [7, 11) is -3.46. The van der Waals surface area contributed by atoms with Gasteiger partial charge in [-0.3, -0.25) is 9.59 Å². The molecule has 0 aromatic carbocycles. The highest BCUT2D eigenvalue weighted by atomic mass is 32.2. The van der Waals surface area contributed by atoms with Crippen molar-refractivity contribution in [3.8, 4) is 0 Å². The molecule has 0 unspecified atom stereocenters. The third kappa shape index (κ3) is 4.34. The van der Waals surface area contributed by atoms with Crippen molar-refractivity contribution in [1.82, 2.24) is 9.62 Å². The first-order valence-corrected chi connectivity index (χ1v) is 9.97. The van der Waals surface area contributed by atoms with Gasteiger partial charge in [0.15, 0.2) is 0 Å². The highest BCUT2D eigenvalue weighted by molar-refractivity contribution is 7.91. The summed E-state index contributed by atoms with van der Waals surface area (Å²) in [4.78, 5) is 23.6. The van der Waals surface area contributed by atoms with Crippen molar-refractivity contribution in [1.29, 1.82) is 0 Å². The molecule has 1 fully saturated rings. The van der Waals surface area contributed by atoms with Gasteiger partial charge >= 0.3 is 5.97 Å². The number of hydrogen-bond acceptors (Lipinski definition) is 5. The lowest BCUT2D eigenvalue weighted by Crippen LogP contribution is -2.39. The number of sulfonamides is 1. The Morgan fingerprint density at radius 2 is 1.92 bits per heavy atom. The largest absolute Gasteiger partial charge is 0.481 e. The van der Waals surface area contributed by atoms with Crippen molar-refractivity contribution in [3.63, 3.8) is 0 Å². The summed E-state index contributed by atoms with van der Waals surface area (Å²) in [6, 6.07) is 3.16. The third-order valence-electron chi connectivity index (χ3n) is 3.94. The van der Waals surface area contributed by atoms with Crippen molar-refractivity contribution < 1.29 is 23.1 Å². The van der Waals surface area contributed by atoms with Gasteiger partial charge in [0.2, 0.25) is 5.91 Å². The Kier molecular flexibility index (Phi) is 5.67. The number of nitrogens with zero attached hydrogens (tertiary/aromatic N) is 1. The van der Waals surface area contributed by atoms with Crippen molar-refractivity contribution in [2.75, 3.05) is 19.6 Å². The zero-order valence-corrected chi connectivity index (χ0v) is 15.4. The van der Waals surface area contributed by atoms with Crippen LogP contribution in [0.1, 0.15) is 31.6 Å². The number of thiophene rings is 1. The molecule has 9 heteroatoms. The molecule has 7 nitrogen and oxygen atoms in total. The van der Waals surface area contributed by atoms with Gasteiger partial charge in [-0.15, -0.1) is 11.3 Å². The topological polar surface area (TPSA) is 104 Å².